The second kappa shape index (κ2) is 7.66. The van der Waals surface area contributed by atoms with Gasteiger partial charge in [0.15, 0.2) is 0 Å². The van der Waals surface area contributed by atoms with Gasteiger partial charge >= 0.3 is 0 Å². The van der Waals surface area contributed by atoms with Crippen LogP contribution >= 0.6 is 0 Å². The molecule has 1 aromatic heterocycles. The Kier molecular flexibility index (Phi) is 5.85. The molecule has 0 aliphatic heterocycles. The molecular formula is C17H23F2N3O. The molecule has 126 valence electrons. The first kappa shape index (κ1) is 17.6. The van der Waals surface area contributed by atoms with Crippen molar-refractivity contribution in [3.63, 3.8) is 0 Å². The topological polar surface area (TPSA) is 50.1 Å². The summed E-state index contributed by atoms with van der Waals surface area (Å²) in [5, 5.41) is 17.6. The van der Waals surface area contributed by atoms with E-state index in [0.717, 1.165) is 42.0 Å². The normalized spacial score (nSPS) is 12.6. The third-order valence-corrected chi connectivity index (χ3v) is 3.94. The van der Waals surface area contributed by atoms with Gasteiger partial charge in [0.05, 0.1) is 17.4 Å². The molecule has 0 fully saturated rings. The van der Waals surface area contributed by atoms with E-state index in [1.54, 1.807) is 0 Å². The van der Waals surface area contributed by atoms with Crippen molar-refractivity contribution in [1.29, 1.82) is 0 Å². The Balaban J connectivity index is 2.00. The summed E-state index contributed by atoms with van der Waals surface area (Å²) in [6.07, 6.45) is -0.234. The van der Waals surface area contributed by atoms with Gasteiger partial charge < -0.3 is 10.4 Å². The number of nitrogens with zero attached hydrogens (tertiary/aromatic N) is 2. The van der Waals surface area contributed by atoms with Crippen molar-refractivity contribution in [2.75, 3.05) is 6.54 Å². The summed E-state index contributed by atoms with van der Waals surface area (Å²) in [7, 11) is 0. The number of halogens is 2. The predicted molar refractivity (Wildman–Crippen MR) is 85.0 cm³/mol. The van der Waals surface area contributed by atoms with Gasteiger partial charge in [-0.05, 0) is 32.4 Å². The molecule has 0 radical (unpaired) electrons. The molecule has 1 aromatic carbocycles. The van der Waals surface area contributed by atoms with Crippen molar-refractivity contribution in [3.05, 3.63) is 52.3 Å². The van der Waals surface area contributed by atoms with Crippen LogP contribution in [0, 0.1) is 25.5 Å². The van der Waals surface area contributed by atoms with Gasteiger partial charge in [-0.1, -0.05) is 13.0 Å². The van der Waals surface area contributed by atoms with Crippen LogP contribution in [-0.2, 0) is 13.1 Å². The molecule has 1 atom stereocenters. The highest BCUT2D eigenvalue weighted by molar-refractivity contribution is 5.25. The number of benzene rings is 1. The first-order valence-corrected chi connectivity index (χ1v) is 7.81. The van der Waals surface area contributed by atoms with Gasteiger partial charge in [0.25, 0.3) is 0 Å². The monoisotopic (exact) mass is 323 g/mol. The number of aliphatic hydroxyl groups excluding tert-OH is 1. The van der Waals surface area contributed by atoms with Gasteiger partial charge in [0.1, 0.15) is 11.6 Å². The van der Waals surface area contributed by atoms with E-state index in [1.165, 1.54) is 6.07 Å². The maximum atomic E-state index is 13.6. The lowest BCUT2D eigenvalue weighted by molar-refractivity contribution is 0.164. The van der Waals surface area contributed by atoms with E-state index >= 15 is 0 Å². The Morgan fingerprint density at radius 2 is 1.91 bits per heavy atom. The number of rotatable bonds is 7. The second-order valence-electron chi connectivity index (χ2n) is 5.65. The average Bonchev–Trinajstić information content (AvgIpc) is 2.75. The molecule has 0 aliphatic carbocycles. The second-order valence-corrected chi connectivity index (χ2v) is 5.65. The molecule has 0 spiro atoms. The molecule has 0 bridgehead atoms. The van der Waals surface area contributed by atoms with Gasteiger partial charge in [-0.2, -0.15) is 5.10 Å². The molecule has 0 aliphatic rings. The first-order chi connectivity index (χ1) is 11.0. The summed E-state index contributed by atoms with van der Waals surface area (Å²) in [5.74, 6) is -1.47. The van der Waals surface area contributed by atoms with Crippen LogP contribution in [0.5, 0.6) is 0 Å². The molecule has 2 aromatic rings. The summed E-state index contributed by atoms with van der Waals surface area (Å²) in [6, 6.07) is 3.57. The SMILES string of the molecule is CCCn1nc(C)c(CNCC(O)c2c(F)cccc2F)c1C. The molecule has 1 heterocycles. The van der Waals surface area contributed by atoms with E-state index in [0.29, 0.717) is 6.54 Å². The standard InChI is InChI=1S/C17H23F2N3O/c1-4-8-22-12(3)13(11(2)21-22)9-20-10-16(23)17-14(18)6-5-7-15(17)19/h5-7,16,20,23H,4,8-10H2,1-3H3. The molecule has 2 rings (SSSR count). The Labute approximate surface area is 135 Å². The summed E-state index contributed by atoms with van der Waals surface area (Å²) in [6.45, 7) is 7.44. The quantitative estimate of drug-likeness (QED) is 0.823. The number of hydrogen-bond donors (Lipinski definition) is 2. The third kappa shape index (κ3) is 3.95. The number of nitrogens with one attached hydrogen (secondary N) is 1. The first-order valence-electron chi connectivity index (χ1n) is 7.81. The lowest BCUT2D eigenvalue weighted by atomic mass is 10.1. The molecule has 4 nitrogen and oxygen atoms in total. The smallest absolute Gasteiger partial charge is 0.131 e. The Bertz CT molecular complexity index is 650. The Morgan fingerprint density at radius 3 is 2.52 bits per heavy atom. The van der Waals surface area contributed by atoms with E-state index < -0.39 is 17.7 Å². The summed E-state index contributed by atoms with van der Waals surface area (Å²) < 4.78 is 29.2. The highest BCUT2D eigenvalue weighted by atomic mass is 19.1. The summed E-state index contributed by atoms with van der Waals surface area (Å²) in [5.41, 5.74) is 2.76. The van der Waals surface area contributed by atoms with Crippen LogP contribution in [0.2, 0.25) is 0 Å². The molecule has 2 N–H and O–H groups in total. The van der Waals surface area contributed by atoms with Crippen molar-refractivity contribution in [1.82, 2.24) is 15.1 Å². The third-order valence-electron chi connectivity index (χ3n) is 3.94. The van der Waals surface area contributed by atoms with Crippen molar-refractivity contribution in [2.45, 2.75) is 46.4 Å². The lowest BCUT2D eigenvalue weighted by Crippen LogP contribution is -2.23. The lowest BCUT2D eigenvalue weighted by Gasteiger charge is -2.14. The molecule has 23 heavy (non-hydrogen) atoms. The van der Waals surface area contributed by atoms with Crippen LogP contribution in [0.15, 0.2) is 18.2 Å². The minimum Gasteiger partial charge on any atom is -0.387 e. The van der Waals surface area contributed by atoms with Gasteiger partial charge in [0, 0.05) is 30.9 Å². The van der Waals surface area contributed by atoms with E-state index in [-0.39, 0.29) is 12.1 Å². The van der Waals surface area contributed by atoms with Crippen LogP contribution in [0.1, 0.15) is 42.0 Å². The zero-order valence-electron chi connectivity index (χ0n) is 13.7. The zero-order valence-corrected chi connectivity index (χ0v) is 13.7. The highest BCUT2D eigenvalue weighted by Crippen LogP contribution is 2.20. The fourth-order valence-electron chi connectivity index (χ4n) is 2.68. The number of aryl methyl sites for hydroxylation is 2. The predicted octanol–water partition coefficient (Wildman–Crippen LogP) is 3.01. The molecule has 0 saturated carbocycles. The minimum atomic E-state index is -1.23. The molecular weight excluding hydrogens is 300 g/mol. The van der Waals surface area contributed by atoms with Crippen LogP contribution in [0.3, 0.4) is 0 Å². The highest BCUT2D eigenvalue weighted by Gasteiger charge is 2.18. The maximum absolute atomic E-state index is 13.6. The summed E-state index contributed by atoms with van der Waals surface area (Å²) >= 11 is 0. The fourth-order valence-corrected chi connectivity index (χ4v) is 2.68. The number of aromatic nitrogens is 2. The van der Waals surface area contributed by atoms with Gasteiger partial charge in [-0.3, -0.25) is 4.68 Å². The molecule has 6 heteroatoms. The van der Waals surface area contributed by atoms with Gasteiger partial charge in [-0.25, -0.2) is 8.78 Å². The van der Waals surface area contributed by atoms with E-state index in [9.17, 15) is 13.9 Å². The van der Waals surface area contributed by atoms with Gasteiger partial charge in [0.2, 0.25) is 0 Å². The molecule has 1 unspecified atom stereocenters. The Hall–Kier alpha value is -1.79. The zero-order chi connectivity index (χ0) is 17.0. The van der Waals surface area contributed by atoms with Crippen molar-refractivity contribution in [3.8, 4) is 0 Å². The van der Waals surface area contributed by atoms with E-state index in [4.69, 9.17) is 0 Å². The largest absolute Gasteiger partial charge is 0.387 e. The van der Waals surface area contributed by atoms with Crippen LogP contribution in [-0.4, -0.2) is 21.4 Å². The summed E-state index contributed by atoms with van der Waals surface area (Å²) in [4.78, 5) is 0. The Morgan fingerprint density at radius 1 is 1.26 bits per heavy atom. The van der Waals surface area contributed by atoms with Crippen LogP contribution in [0.25, 0.3) is 0 Å². The molecule has 0 amide bonds. The van der Waals surface area contributed by atoms with E-state index in [2.05, 4.69) is 17.3 Å². The van der Waals surface area contributed by atoms with E-state index in [1.807, 2.05) is 18.5 Å². The van der Waals surface area contributed by atoms with Gasteiger partial charge in [-0.15, -0.1) is 0 Å². The van der Waals surface area contributed by atoms with Crippen LogP contribution < -0.4 is 5.32 Å². The average molecular weight is 323 g/mol. The number of aliphatic hydroxyl groups is 1. The minimum absolute atomic E-state index is 0.0652. The van der Waals surface area contributed by atoms with Crippen molar-refractivity contribution >= 4 is 0 Å². The van der Waals surface area contributed by atoms with Crippen molar-refractivity contribution < 1.29 is 13.9 Å². The van der Waals surface area contributed by atoms with Crippen molar-refractivity contribution in [2.24, 2.45) is 0 Å². The fraction of sp³-hybridized carbons (Fsp3) is 0.471. The number of hydrogen-bond acceptors (Lipinski definition) is 3. The molecule has 0 saturated heterocycles. The van der Waals surface area contributed by atoms with Crippen LogP contribution in [0.4, 0.5) is 8.78 Å². The maximum Gasteiger partial charge on any atom is 0.131 e.